The fourth-order valence-corrected chi connectivity index (χ4v) is 3.41. The number of benzene rings is 1. The molecule has 0 aliphatic heterocycles. The van der Waals surface area contributed by atoms with Crippen LogP contribution >= 0.6 is 11.6 Å². The Labute approximate surface area is 122 Å². The zero-order valence-corrected chi connectivity index (χ0v) is 12.9. The van der Waals surface area contributed by atoms with Crippen LogP contribution in [0.2, 0.25) is 5.02 Å². The van der Waals surface area contributed by atoms with Crippen molar-refractivity contribution in [2.24, 2.45) is 11.8 Å². The predicted molar refractivity (Wildman–Crippen MR) is 83.6 cm³/mol. The first kappa shape index (κ1) is 14.9. The maximum atomic E-state index is 6.09. The highest BCUT2D eigenvalue weighted by Gasteiger charge is 2.22. The lowest BCUT2D eigenvalue weighted by molar-refractivity contribution is 0.240. The van der Waals surface area contributed by atoms with E-state index < -0.39 is 0 Å². The summed E-state index contributed by atoms with van der Waals surface area (Å²) >= 11 is 6.09. The molecule has 3 atom stereocenters. The summed E-state index contributed by atoms with van der Waals surface area (Å²) in [6, 6.07) is 8.70. The first-order chi connectivity index (χ1) is 9.20. The van der Waals surface area contributed by atoms with Gasteiger partial charge in [-0.2, -0.15) is 0 Å². The Hall–Kier alpha value is -0.530. The van der Waals surface area contributed by atoms with Gasteiger partial charge in [0.15, 0.2) is 0 Å². The van der Waals surface area contributed by atoms with Crippen molar-refractivity contribution in [3.05, 3.63) is 34.9 Å². The molecule has 1 fully saturated rings. The lowest BCUT2D eigenvalue weighted by Gasteiger charge is -2.30. The first-order valence-electron chi connectivity index (χ1n) is 7.69. The minimum Gasteiger partial charge on any atom is -0.310 e. The molecule has 1 saturated carbocycles. The topological polar surface area (TPSA) is 12.0 Å². The van der Waals surface area contributed by atoms with Crippen molar-refractivity contribution in [1.29, 1.82) is 0 Å². The Morgan fingerprint density at radius 3 is 2.79 bits per heavy atom. The molecule has 0 aromatic heterocycles. The third-order valence-electron chi connectivity index (χ3n) is 4.57. The molecule has 3 unspecified atom stereocenters. The Morgan fingerprint density at radius 1 is 1.32 bits per heavy atom. The molecule has 1 aromatic carbocycles. The summed E-state index contributed by atoms with van der Waals surface area (Å²) in [5.74, 6) is 1.72. The zero-order valence-electron chi connectivity index (χ0n) is 12.2. The Bertz CT molecular complexity index is 391. The second-order valence-corrected chi connectivity index (χ2v) is 6.38. The molecule has 0 spiro atoms. The van der Waals surface area contributed by atoms with Crippen molar-refractivity contribution < 1.29 is 0 Å². The highest BCUT2D eigenvalue weighted by molar-refractivity contribution is 6.30. The average molecular weight is 280 g/mol. The van der Waals surface area contributed by atoms with Crippen LogP contribution in [0.25, 0.3) is 0 Å². The van der Waals surface area contributed by atoms with E-state index in [-0.39, 0.29) is 0 Å². The first-order valence-corrected chi connectivity index (χ1v) is 8.07. The van der Waals surface area contributed by atoms with Crippen LogP contribution in [0.3, 0.4) is 0 Å². The lowest BCUT2D eigenvalue weighted by Crippen LogP contribution is -2.31. The summed E-state index contributed by atoms with van der Waals surface area (Å²) in [6.07, 6.45) is 6.73. The maximum absolute atomic E-state index is 6.09. The van der Waals surface area contributed by atoms with Crippen LogP contribution in [0.5, 0.6) is 0 Å². The summed E-state index contributed by atoms with van der Waals surface area (Å²) in [7, 11) is 0. The molecule has 1 N–H and O–H groups in total. The van der Waals surface area contributed by atoms with Crippen molar-refractivity contribution in [3.8, 4) is 0 Å². The molecule has 1 aliphatic rings. The van der Waals surface area contributed by atoms with Gasteiger partial charge in [0.1, 0.15) is 0 Å². The van der Waals surface area contributed by atoms with Gasteiger partial charge in [-0.1, -0.05) is 56.8 Å². The molecule has 0 radical (unpaired) electrons. The van der Waals surface area contributed by atoms with Gasteiger partial charge in [0.25, 0.3) is 0 Å². The Morgan fingerprint density at radius 2 is 2.11 bits per heavy atom. The lowest BCUT2D eigenvalue weighted by atomic mass is 9.80. The number of rotatable bonds is 5. The zero-order chi connectivity index (χ0) is 13.7. The van der Waals surface area contributed by atoms with Crippen molar-refractivity contribution in [2.45, 2.75) is 52.0 Å². The van der Waals surface area contributed by atoms with Gasteiger partial charge in [-0.3, -0.25) is 0 Å². The van der Waals surface area contributed by atoms with Gasteiger partial charge in [0.05, 0.1) is 0 Å². The van der Waals surface area contributed by atoms with E-state index in [1.54, 1.807) is 0 Å². The third kappa shape index (κ3) is 4.22. The van der Waals surface area contributed by atoms with Gasteiger partial charge < -0.3 is 5.32 Å². The molecular formula is C17H26ClN. The van der Waals surface area contributed by atoms with Crippen LogP contribution in [-0.4, -0.2) is 6.54 Å². The van der Waals surface area contributed by atoms with Gasteiger partial charge >= 0.3 is 0 Å². The van der Waals surface area contributed by atoms with Crippen LogP contribution < -0.4 is 5.32 Å². The quantitative estimate of drug-likeness (QED) is 0.780. The molecule has 0 bridgehead atoms. The monoisotopic (exact) mass is 279 g/mol. The van der Waals surface area contributed by atoms with E-state index in [9.17, 15) is 0 Å². The van der Waals surface area contributed by atoms with Gasteiger partial charge in [-0.15, -0.1) is 0 Å². The van der Waals surface area contributed by atoms with Gasteiger partial charge in [-0.05, 0) is 48.9 Å². The van der Waals surface area contributed by atoms with Crippen LogP contribution in [0.1, 0.15) is 57.6 Å². The number of hydrogen-bond acceptors (Lipinski definition) is 1. The molecule has 1 aliphatic carbocycles. The maximum Gasteiger partial charge on any atom is 0.0409 e. The molecule has 19 heavy (non-hydrogen) atoms. The number of hydrogen-bond donors (Lipinski definition) is 1. The molecular weight excluding hydrogens is 254 g/mol. The number of nitrogens with one attached hydrogen (secondary N) is 1. The van der Waals surface area contributed by atoms with Gasteiger partial charge in [-0.25, -0.2) is 0 Å². The highest BCUT2D eigenvalue weighted by Crippen LogP contribution is 2.30. The Kier molecular flexibility index (Phi) is 5.72. The van der Waals surface area contributed by atoms with E-state index in [1.165, 1.54) is 31.2 Å². The molecule has 2 heteroatoms. The van der Waals surface area contributed by atoms with Crippen LogP contribution in [0.4, 0.5) is 0 Å². The fraction of sp³-hybridized carbons (Fsp3) is 0.647. The van der Waals surface area contributed by atoms with E-state index >= 15 is 0 Å². The molecule has 1 nitrogen and oxygen atoms in total. The van der Waals surface area contributed by atoms with E-state index in [0.29, 0.717) is 6.04 Å². The molecule has 2 rings (SSSR count). The second-order valence-electron chi connectivity index (χ2n) is 5.95. The standard InChI is InChI=1S/C17H26ClN/c1-3-17(14-9-6-10-16(18)11-14)19-12-15-8-5-4-7-13(15)2/h6,9-11,13,15,17,19H,3-5,7-8,12H2,1-2H3. The van der Waals surface area contributed by atoms with Crippen molar-refractivity contribution in [1.82, 2.24) is 5.32 Å². The predicted octanol–water partition coefficient (Wildman–Crippen LogP) is 5.21. The smallest absolute Gasteiger partial charge is 0.0409 e. The normalized spacial score (nSPS) is 25.2. The van der Waals surface area contributed by atoms with Crippen LogP contribution in [0.15, 0.2) is 24.3 Å². The summed E-state index contributed by atoms with van der Waals surface area (Å²) in [4.78, 5) is 0. The average Bonchev–Trinajstić information content (AvgIpc) is 2.41. The second kappa shape index (κ2) is 7.31. The fourth-order valence-electron chi connectivity index (χ4n) is 3.21. The SMILES string of the molecule is CCC(NCC1CCCCC1C)c1cccc(Cl)c1. The summed E-state index contributed by atoms with van der Waals surface area (Å²) in [5.41, 5.74) is 1.32. The minimum atomic E-state index is 0.438. The molecule has 106 valence electrons. The summed E-state index contributed by atoms with van der Waals surface area (Å²) < 4.78 is 0. The number of halogens is 1. The van der Waals surface area contributed by atoms with E-state index in [0.717, 1.165) is 29.8 Å². The Balaban J connectivity index is 1.92. The summed E-state index contributed by atoms with van der Waals surface area (Å²) in [6.45, 7) is 5.79. The van der Waals surface area contributed by atoms with Crippen molar-refractivity contribution in [2.75, 3.05) is 6.54 Å². The molecule has 0 heterocycles. The van der Waals surface area contributed by atoms with Crippen molar-refractivity contribution >= 4 is 11.6 Å². The molecule has 0 saturated heterocycles. The highest BCUT2D eigenvalue weighted by atomic mass is 35.5. The van der Waals surface area contributed by atoms with Gasteiger partial charge in [0.2, 0.25) is 0 Å². The van der Waals surface area contributed by atoms with E-state index in [4.69, 9.17) is 11.6 Å². The van der Waals surface area contributed by atoms with E-state index in [1.807, 2.05) is 12.1 Å². The third-order valence-corrected chi connectivity index (χ3v) is 4.81. The van der Waals surface area contributed by atoms with Crippen LogP contribution in [0, 0.1) is 11.8 Å². The van der Waals surface area contributed by atoms with Crippen LogP contribution in [-0.2, 0) is 0 Å². The largest absolute Gasteiger partial charge is 0.310 e. The summed E-state index contributed by atoms with van der Waals surface area (Å²) in [5, 5.41) is 4.59. The minimum absolute atomic E-state index is 0.438. The molecule has 0 amide bonds. The molecule has 1 aromatic rings. The van der Waals surface area contributed by atoms with Gasteiger partial charge in [0, 0.05) is 11.1 Å². The van der Waals surface area contributed by atoms with E-state index in [2.05, 4.69) is 31.3 Å². The van der Waals surface area contributed by atoms with Crippen molar-refractivity contribution in [3.63, 3.8) is 0 Å².